The van der Waals surface area contributed by atoms with Crippen molar-refractivity contribution < 1.29 is 13.2 Å². The van der Waals surface area contributed by atoms with E-state index in [1.807, 2.05) is 0 Å². The fourth-order valence-electron chi connectivity index (χ4n) is 3.18. The average molecular weight is 338 g/mol. The molecule has 22 heavy (non-hydrogen) atoms. The van der Waals surface area contributed by atoms with E-state index in [0.717, 1.165) is 25.5 Å². The van der Waals surface area contributed by atoms with Gasteiger partial charge in [-0.05, 0) is 44.1 Å². The Kier molecular flexibility index (Phi) is 6.67. The number of piperidine rings is 1. The van der Waals surface area contributed by atoms with Crippen LogP contribution < -0.4 is 5.32 Å². The fourth-order valence-corrected chi connectivity index (χ4v) is 3.61. The summed E-state index contributed by atoms with van der Waals surface area (Å²) in [7, 11) is 1.69. The SMILES string of the molecule is CN=C(NCCSC(F)(F)F)N1CCC(N2CCCCC2)C1. The molecule has 2 fully saturated rings. The van der Waals surface area contributed by atoms with E-state index in [1.54, 1.807) is 7.05 Å². The Morgan fingerprint density at radius 2 is 1.95 bits per heavy atom. The highest BCUT2D eigenvalue weighted by Gasteiger charge is 2.30. The molecule has 0 aromatic carbocycles. The molecule has 2 rings (SSSR count). The van der Waals surface area contributed by atoms with Crippen LogP contribution in [0.2, 0.25) is 0 Å². The second-order valence-electron chi connectivity index (χ2n) is 5.75. The number of aliphatic imine (C=N–C) groups is 1. The minimum atomic E-state index is -4.15. The number of likely N-dealkylation sites (tertiary alicyclic amines) is 2. The van der Waals surface area contributed by atoms with Gasteiger partial charge in [-0.15, -0.1) is 0 Å². The molecule has 2 heterocycles. The summed E-state index contributed by atoms with van der Waals surface area (Å²) in [5.41, 5.74) is -4.15. The highest BCUT2D eigenvalue weighted by Crippen LogP contribution is 2.29. The molecule has 0 aromatic heterocycles. The van der Waals surface area contributed by atoms with Gasteiger partial charge in [-0.2, -0.15) is 13.2 Å². The van der Waals surface area contributed by atoms with Gasteiger partial charge in [-0.25, -0.2) is 0 Å². The number of rotatable bonds is 4. The summed E-state index contributed by atoms with van der Waals surface area (Å²) in [5, 5.41) is 3.04. The zero-order chi connectivity index (χ0) is 16.0. The summed E-state index contributed by atoms with van der Waals surface area (Å²) in [5.74, 6) is 0.730. The standard InChI is InChI=1S/C14H25F3N4S/c1-18-13(19-6-10-22-14(15,16)17)21-9-5-12(11-21)20-7-3-2-4-8-20/h12H,2-11H2,1H3,(H,18,19). The molecular formula is C14H25F3N4S. The van der Waals surface area contributed by atoms with Crippen LogP contribution in [-0.2, 0) is 0 Å². The van der Waals surface area contributed by atoms with Gasteiger partial charge in [-0.3, -0.25) is 9.89 Å². The Morgan fingerprint density at radius 3 is 2.59 bits per heavy atom. The van der Waals surface area contributed by atoms with Crippen LogP contribution in [0.4, 0.5) is 13.2 Å². The summed E-state index contributed by atoms with van der Waals surface area (Å²) in [6.07, 6.45) is 4.99. The van der Waals surface area contributed by atoms with Crippen molar-refractivity contribution in [3.8, 4) is 0 Å². The molecule has 0 radical (unpaired) electrons. The molecule has 1 N–H and O–H groups in total. The minimum absolute atomic E-state index is 0.00587. The van der Waals surface area contributed by atoms with Crippen molar-refractivity contribution in [2.75, 3.05) is 45.5 Å². The fraction of sp³-hybridized carbons (Fsp3) is 0.929. The van der Waals surface area contributed by atoms with Crippen molar-refractivity contribution in [1.29, 1.82) is 0 Å². The Morgan fingerprint density at radius 1 is 1.23 bits per heavy atom. The van der Waals surface area contributed by atoms with Gasteiger partial charge in [0.05, 0.1) is 0 Å². The zero-order valence-electron chi connectivity index (χ0n) is 13.0. The molecule has 0 spiro atoms. The number of hydrogen-bond donors (Lipinski definition) is 1. The van der Waals surface area contributed by atoms with Gasteiger partial charge in [0, 0.05) is 38.5 Å². The van der Waals surface area contributed by atoms with Crippen LogP contribution in [0.25, 0.3) is 0 Å². The van der Waals surface area contributed by atoms with Crippen molar-refractivity contribution in [1.82, 2.24) is 15.1 Å². The Balaban J connectivity index is 1.73. The van der Waals surface area contributed by atoms with E-state index in [0.29, 0.717) is 6.04 Å². The maximum atomic E-state index is 12.1. The van der Waals surface area contributed by atoms with E-state index < -0.39 is 5.51 Å². The molecule has 0 saturated carbocycles. The van der Waals surface area contributed by atoms with Gasteiger partial charge in [-0.1, -0.05) is 6.42 Å². The summed E-state index contributed by atoms with van der Waals surface area (Å²) in [6, 6.07) is 0.559. The topological polar surface area (TPSA) is 30.9 Å². The van der Waals surface area contributed by atoms with E-state index in [-0.39, 0.29) is 24.1 Å². The molecular weight excluding hydrogens is 313 g/mol. The first-order valence-electron chi connectivity index (χ1n) is 7.90. The molecule has 8 heteroatoms. The lowest BCUT2D eigenvalue weighted by molar-refractivity contribution is -0.0327. The predicted octanol–water partition coefficient (Wildman–Crippen LogP) is 2.38. The van der Waals surface area contributed by atoms with Gasteiger partial charge in [0.2, 0.25) is 0 Å². The number of hydrogen-bond acceptors (Lipinski definition) is 3. The molecule has 0 bridgehead atoms. The maximum absolute atomic E-state index is 12.1. The van der Waals surface area contributed by atoms with Gasteiger partial charge < -0.3 is 10.2 Å². The molecule has 0 amide bonds. The molecule has 1 unspecified atom stereocenters. The highest BCUT2D eigenvalue weighted by molar-refractivity contribution is 8.00. The number of halogens is 3. The van der Waals surface area contributed by atoms with E-state index in [1.165, 1.54) is 32.4 Å². The first kappa shape index (κ1) is 17.7. The molecule has 4 nitrogen and oxygen atoms in total. The van der Waals surface area contributed by atoms with Crippen LogP contribution in [0, 0.1) is 0 Å². The summed E-state index contributed by atoms with van der Waals surface area (Å²) < 4.78 is 36.3. The molecule has 0 aliphatic carbocycles. The first-order valence-corrected chi connectivity index (χ1v) is 8.88. The molecule has 2 saturated heterocycles. The van der Waals surface area contributed by atoms with E-state index in [4.69, 9.17) is 0 Å². The Labute approximate surface area is 134 Å². The third-order valence-electron chi connectivity index (χ3n) is 4.23. The number of alkyl halides is 3. The van der Waals surface area contributed by atoms with E-state index in [9.17, 15) is 13.2 Å². The van der Waals surface area contributed by atoms with Crippen LogP contribution in [0.15, 0.2) is 4.99 Å². The smallest absolute Gasteiger partial charge is 0.355 e. The first-order chi connectivity index (χ1) is 10.5. The average Bonchev–Trinajstić information content (AvgIpc) is 2.97. The van der Waals surface area contributed by atoms with Crippen molar-refractivity contribution in [3.05, 3.63) is 0 Å². The van der Waals surface area contributed by atoms with E-state index >= 15 is 0 Å². The third kappa shape index (κ3) is 5.53. The number of thioether (sulfide) groups is 1. The summed E-state index contributed by atoms with van der Waals surface area (Å²) >= 11 is 0.00760. The summed E-state index contributed by atoms with van der Waals surface area (Å²) in [4.78, 5) is 8.92. The number of nitrogens with zero attached hydrogens (tertiary/aromatic N) is 3. The normalized spacial score (nSPS) is 24.8. The minimum Gasteiger partial charge on any atom is -0.355 e. The lowest BCUT2D eigenvalue weighted by Crippen LogP contribution is -2.45. The monoisotopic (exact) mass is 338 g/mol. The third-order valence-corrected chi connectivity index (χ3v) is 4.97. The van der Waals surface area contributed by atoms with E-state index in [2.05, 4.69) is 20.1 Å². The van der Waals surface area contributed by atoms with Crippen LogP contribution in [0.1, 0.15) is 25.7 Å². The van der Waals surface area contributed by atoms with Gasteiger partial charge in [0.1, 0.15) is 0 Å². The lowest BCUT2D eigenvalue weighted by atomic mass is 10.1. The molecule has 2 aliphatic rings. The summed E-state index contributed by atoms with van der Waals surface area (Å²) in [6.45, 7) is 4.47. The van der Waals surface area contributed by atoms with Crippen LogP contribution in [-0.4, -0.2) is 72.8 Å². The Bertz CT molecular complexity index is 370. The van der Waals surface area contributed by atoms with Crippen molar-refractivity contribution >= 4 is 17.7 Å². The van der Waals surface area contributed by atoms with Gasteiger partial charge in [0.15, 0.2) is 5.96 Å². The van der Waals surface area contributed by atoms with Crippen LogP contribution >= 0.6 is 11.8 Å². The molecule has 0 aromatic rings. The largest absolute Gasteiger partial charge is 0.441 e. The Hall–Kier alpha value is -0.630. The van der Waals surface area contributed by atoms with Crippen LogP contribution in [0.3, 0.4) is 0 Å². The van der Waals surface area contributed by atoms with Gasteiger partial charge in [0.25, 0.3) is 0 Å². The van der Waals surface area contributed by atoms with Crippen molar-refractivity contribution in [3.63, 3.8) is 0 Å². The second kappa shape index (κ2) is 8.29. The van der Waals surface area contributed by atoms with Gasteiger partial charge >= 0.3 is 5.51 Å². The number of guanidine groups is 1. The lowest BCUT2D eigenvalue weighted by Gasteiger charge is -2.32. The van der Waals surface area contributed by atoms with Crippen LogP contribution in [0.5, 0.6) is 0 Å². The molecule has 2 aliphatic heterocycles. The predicted molar refractivity (Wildman–Crippen MR) is 85.3 cm³/mol. The van der Waals surface area contributed by atoms with Crippen molar-refractivity contribution in [2.45, 2.75) is 37.2 Å². The van der Waals surface area contributed by atoms with Crippen molar-refractivity contribution in [2.24, 2.45) is 4.99 Å². The quantitative estimate of drug-likeness (QED) is 0.484. The molecule has 128 valence electrons. The molecule has 1 atom stereocenters. The maximum Gasteiger partial charge on any atom is 0.441 e. The second-order valence-corrected chi connectivity index (χ2v) is 6.91. The highest BCUT2D eigenvalue weighted by atomic mass is 32.2. The number of nitrogens with one attached hydrogen (secondary N) is 1. The zero-order valence-corrected chi connectivity index (χ0v) is 13.8.